The Balaban J connectivity index is 1.90. The minimum absolute atomic E-state index is 0.0632. The molecular formula is C17H25N5O3. The Morgan fingerprint density at radius 2 is 2.32 bits per heavy atom. The van der Waals surface area contributed by atoms with Gasteiger partial charge in [0.25, 0.3) is 5.91 Å². The van der Waals surface area contributed by atoms with Crippen LogP contribution in [0, 0.1) is 0 Å². The van der Waals surface area contributed by atoms with Gasteiger partial charge in [-0.3, -0.25) is 14.6 Å². The summed E-state index contributed by atoms with van der Waals surface area (Å²) in [6.45, 7) is 5.64. The van der Waals surface area contributed by atoms with Crippen LogP contribution in [0.1, 0.15) is 47.3 Å². The summed E-state index contributed by atoms with van der Waals surface area (Å²) in [5.41, 5.74) is 3.44. The van der Waals surface area contributed by atoms with Gasteiger partial charge in [-0.05, 0) is 13.8 Å². The molecule has 0 saturated heterocycles. The lowest BCUT2D eigenvalue weighted by Crippen LogP contribution is -2.29. The number of hydrogen-bond acceptors (Lipinski definition) is 5. The molecule has 0 radical (unpaired) electrons. The second-order valence-electron chi connectivity index (χ2n) is 6.49. The molecule has 0 aromatic carbocycles. The summed E-state index contributed by atoms with van der Waals surface area (Å²) >= 11 is 0. The van der Waals surface area contributed by atoms with Gasteiger partial charge in [0.15, 0.2) is 5.69 Å². The van der Waals surface area contributed by atoms with Crippen molar-refractivity contribution in [1.82, 2.24) is 24.9 Å². The van der Waals surface area contributed by atoms with Crippen LogP contribution < -0.4 is 0 Å². The van der Waals surface area contributed by atoms with Gasteiger partial charge in [0, 0.05) is 44.4 Å². The van der Waals surface area contributed by atoms with Crippen LogP contribution in [0.2, 0.25) is 0 Å². The van der Waals surface area contributed by atoms with Crippen LogP contribution in [-0.4, -0.2) is 57.7 Å². The predicted molar refractivity (Wildman–Crippen MR) is 91.2 cm³/mol. The standard InChI is InChI=1S/C17H25N5O3/c1-11-7-14-15(17(23)21(3)10-13-8-18-19-9-13)20-22(5-6-24-4)16(14)12(2)25-11/h8-9,11-12H,5-7,10H2,1-4H3,(H,18,19)/t11-,12+/m1/s1. The molecule has 1 aliphatic rings. The molecule has 1 N–H and O–H groups in total. The lowest BCUT2D eigenvalue weighted by atomic mass is 9.99. The van der Waals surface area contributed by atoms with E-state index in [4.69, 9.17) is 9.47 Å². The highest BCUT2D eigenvalue weighted by molar-refractivity contribution is 5.94. The number of hydrogen-bond donors (Lipinski definition) is 1. The molecule has 1 aliphatic heterocycles. The highest BCUT2D eigenvalue weighted by atomic mass is 16.5. The summed E-state index contributed by atoms with van der Waals surface area (Å²) in [4.78, 5) is 14.7. The molecule has 136 valence electrons. The van der Waals surface area contributed by atoms with E-state index in [1.54, 1.807) is 31.5 Å². The Bertz CT molecular complexity index is 725. The molecule has 1 amide bonds. The Morgan fingerprint density at radius 3 is 3.00 bits per heavy atom. The Labute approximate surface area is 147 Å². The molecule has 2 aromatic heterocycles. The van der Waals surface area contributed by atoms with E-state index < -0.39 is 0 Å². The van der Waals surface area contributed by atoms with Gasteiger partial charge >= 0.3 is 0 Å². The van der Waals surface area contributed by atoms with E-state index in [0.717, 1.165) is 16.8 Å². The third kappa shape index (κ3) is 3.59. The van der Waals surface area contributed by atoms with Crippen molar-refractivity contribution in [2.75, 3.05) is 20.8 Å². The number of aromatic amines is 1. The first-order valence-corrected chi connectivity index (χ1v) is 8.48. The number of fused-ring (bicyclic) bond motifs is 1. The molecule has 0 saturated carbocycles. The molecular weight excluding hydrogens is 322 g/mol. The normalized spacial score (nSPS) is 19.7. The van der Waals surface area contributed by atoms with Crippen LogP contribution in [0.5, 0.6) is 0 Å². The van der Waals surface area contributed by atoms with Gasteiger partial charge in [-0.25, -0.2) is 0 Å². The van der Waals surface area contributed by atoms with Gasteiger partial charge < -0.3 is 14.4 Å². The molecule has 2 atom stereocenters. The second-order valence-corrected chi connectivity index (χ2v) is 6.49. The van der Waals surface area contributed by atoms with Crippen molar-refractivity contribution < 1.29 is 14.3 Å². The smallest absolute Gasteiger partial charge is 0.274 e. The van der Waals surface area contributed by atoms with Crippen LogP contribution in [-0.2, 0) is 29.0 Å². The van der Waals surface area contributed by atoms with Crippen molar-refractivity contribution in [3.8, 4) is 0 Å². The van der Waals surface area contributed by atoms with Crippen molar-refractivity contribution >= 4 is 5.91 Å². The number of rotatable bonds is 6. The van der Waals surface area contributed by atoms with Crippen molar-refractivity contribution in [2.24, 2.45) is 0 Å². The van der Waals surface area contributed by atoms with Gasteiger partial charge in [-0.2, -0.15) is 10.2 Å². The lowest BCUT2D eigenvalue weighted by molar-refractivity contribution is -0.0102. The fourth-order valence-corrected chi connectivity index (χ4v) is 3.33. The monoisotopic (exact) mass is 347 g/mol. The third-order valence-corrected chi connectivity index (χ3v) is 4.44. The molecule has 0 fully saturated rings. The number of ether oxygens (including phenoxy) is 2. The maximum absolute atomic E-state index is 13.0. The first-order chi connectivity index (χ1) is 12.0. The van der Waals surface area contributed by atoms with Crippen LogP contribution in [0.15, 0.2) is 12.4 Å². The van der Waals surface area contributed by atoms with E-state index >= 15 is 0 Å². The zero-order valence-electron chi connectivity index (χ0n) is 15.2. The zero-order valence-corrected chi connectivity index (χ0v) is 15.2. The number of carbonyl (C=O) groups is 1. The summed E-state index contributed by atoms with van der Waals surface area (Å²) in [7, 11) is 3.44. The number of H-pyrrole nitrogens is 1. The minimum Gasteiger partial charge on any atom is -0.383 e. The van der Waals surface area contributed by atoms with Gasteiger partial charge in [-0.1, -0.05) is 0 Å². The van der Waals surface area contributed by atoms with Crippen LogP contribution in [0.25, 0.3) is 0 Å². The van der Waals surface area contributed by atoms with E-state index in [2.05, 4.69) is 15.3 Å². The average molecular weight is 347 g/mol. The Hall–Kier alpha value is -2.19. The van der Waals surface area contributed by atoms with Gasteiger partial charge in [0.2, 0.25) is 0 Å². The molecule has 0 spiro atoms. The number of aromatic nitrogens is 4. The van der Waals surface area contributed by atoms with Crippen molar-refractivity contribution in [2.45, 2.75) is 45.6 Å². The number of nitrogens with zero attached hydrogens (tertiary/aromatic N) is 4. The quantitative estimate of drug-likeness (QED) is 0.857. The molecule has 0 bridgehead atoms. The van der Waals surface area contributed by atoms with Gasteiger partial charge in [-0.15, -0.1) is 0 Å². The maximum Gasteiger partial charge on any atom is 0.274 e. The van der Waals surface area contributed by atoms with Crippen molar-refractivity contribution in [3.63, 3.8) is 0 Å². The number of carbonyl (C=O) groups excluding carboxylic acids is 1. The van der Waals surface area contributed by atoms with Crippen LogP contribution in [0.3, 0.4) is 0 Å². The van der Waals surface area contributed by atoms with Crippen LogP contribution in [0.4, 0.5) is 0 Å². The number of nitrogens with one attached hydrogen (secondary N) is 1. The summed E-state index contributed by atoms with van der Waals surface area (Å²) < 4.78 is 13.0. The fourth-order valence-electron chi connectivity index (χ4n) is 3.33. The zero-order chi connectivity index (χ0) is 18.0. The summed E-state index contributed by atoms with van der Waals surface area (Å²) in [5, 5.41) is 11.3. The molecule has 3 rings (SSSR count). The average Bonchev–Trinajstić information content (AvgIpc) is 3.19. The number of methoxy groups -OCH3 is 1. The molecule has 3 heterocycles. The first-order valence-electron chi connectivity index (χ1n) is 8.48. The van der Waals surface area contributed by atoms with Crippen molar-refractivity contribution in [1.29, 1.82) is 0 Å². The van der Waals surface area contributed by atoms with E-state index in [-0.39, 0.29) is 18.1 Å². The summed E-state index contributed by atoms with van der Waals surface area (Å²) in [6, 6.07) is 0. The largest absolute Gasteiger partial charge is 0.383 e. The first kappa shape index (κ1) is 17.6. The predicted octanol–water partition coefficient (Wildman–Crippen LogP) is 1.55. The highest BCUT2D eigenvalue weighted by Crippen LogP contribution is 2.32. The second kappa shape index (κ2) is 7.37. The Kier molecular flexibility index (Phi) is 5.19. The van der Waals surface area contributed by atoms with E-state index in [9.17, 15) is 4.79 Å². The Morgan fingerprint density at radius 1 is 1.52 bits per heavy atom. The van der Waals surface area contributed by atoms with E-state index in [0.29, 0.717) is 31.8 Å². The minimum atomic E-state index is -0.0937. The molecule has 2 aromatic rings. The number of amides is 1. The summed E-state index contributed by atoms with van der Waals surface area (Å²) in [5.74, 6) is -0.0880. The van der Waals surface area contributed by atoms with Crippen molar-refractivity contribution in [3.05, 3.63) is 34.9 Å². The van der Waals surface area contributed by atoms with Gasteiger partial charge in [0.1, 0.15) is 0 Å². The maximum atomic E-state index is 13.0. The molecule has 25 heavy (non-hydrogen) atoms. The lowest BCUT2D eigenvalue weighted by Gasteiger charge is -2.27. The molecule has 8 nitrogen and oxygen atoms in total. The van der Waals surface area contributed by atoms with E-state index in [1.807, 2.05) is 18.5 Å². The third-order valence-electron chi connectivity index (χ3n) is 4.44. The molecule has 0 unspecified atom stereocenters. The van der Waals surface area contributed by atoms with Crippen LogP contribution >= 0.6 is 0 Å². The molecule has 8 heteroatoms. The fraction of sp³-hybridized carbons (Fsp3) is 0.588. The SMILES string of the molecule is COCCn1nc(C(=O)N(C)Cc2cn[nH]c2)c2c1[C@H](C)O[C@H](C)C2. The highest BCUT2D eigenvalue weighted by Gasteiger charge is 2.33. The van der Waals surface area contributed by atoms with Gasteiger partial charge in [0.05, 0.1) is 37.3 Å². The summed E-state index contributed by atoms with van der Waals surface area (Å²) in [6.07, 6.45) is 4.16. The molecule has 0 aliphatic carbocycles. The topological polar surface area (TPSA) is 85.3 Å². The van der Waals surface area contributed by atoms with E-state index in [1.165, 1.54) is 0 Å².